The van der Waals surface area contributed by atoms with Gasteiger partial charge < -0.3 is 9.47 Å². The van der Waals surface area contributed by atoms with Crippen LogP contribution in [0.15, 0.2) is 18.2 Å². The van der Waals surface area contributed by atoms with E-state index in [0.717, 1.165) is 11.3 Å². The van der Waals surface area contributed by atoms with Gasteiger partial charge in [-0.2, -0.15) is 0 Å². The average Bonchev–Trinajstić information content (AvgIpc) is 2.38. The second-order valence-electron chi connectivity index (χ2n) is 5.05. The fourth-order valence-electron chi connectivity index (χ4n) is 2.32. The molecule has 4 nitrogen and oxygen atoms in total. The zero-order valence-electron chi connectivity index (χ0n) is 12.6. The lowest BCUT2D eigenvalue weighted by Crippen LogP contribution is -2.41. The van der Waals surface area contributed by atoms with Crippen molar-refractivity contribution in [3.05, 3.63) is 29.3 Å². The second kappa shape index (κ2) is 7.48. The Balaban J connectivity index is 3.16. The van der Waals surface area contributed by atoms with E-state index in [-0.39, 0.29) is 12.1 Å². The van der Waals surface area contributed by atoms with Gasteiger partial charge >= 0.3 is 0 Å². The highest BCUT2D eigenvalue weighted by molar-refractivity contribution is 5.39. The van der Waals surface area contributed by atoms with Gasteiger partial charge in [0.2, 0.25) is 0 Å². The highest BCUT2D eigenvalue weighted by Crippen LogP contribution is 2.31. The number of aryl methyl sites for hydroxylation is 1. The van der Waals surface area contributed by atoms with Crippen LogP contribution in [0.3, 0.4) is 0 Å². The van der Waals surface area contributed by atoms with E-state index in [9.17, 15) is 0 Å². The molecule has 0 amide bonds. The largest absolute Gasteiger partial charge is 0.496 e. The van der Waals surface area contributed by atoms with Gasteiger partial charge in [0, 0.05) is 12.2 Å². The molecular formula is C15H26N2O2. The monoisotopic (exact) mass is 266 g/mol. The standard InChI is InChI=1S/C15H26N2O2/c1-6-19-15(10(2)3)14(17-16)12-9-11(4)7-8-13(12)18-5/h7-10,14-15,17H,6,16H2,1-5H3. The number of ether oxygens (including phenoxy) is 2. The minimum absolute atomic E-state index is 0.00528. The molecule has 0 saturated carbocycles. The summed E-state index contributed by atoms with van der Waals surface area (Å²) in [6, 6.07) is 6.01. The molecule has 0 aliphatic rings. The van der Waals surface area contributed by atoms with Gasteiger partial charge in [-0.1, -0.05) is 31.5 Å². The lowest BCUT2D eigenvalue weighted by Gasteiger charge is -2.30. The summed E-state index contributed by atoms with van der Waals surface area (Å²) in [6.45, 7) is 8.98. The molecule has 1 rings (SSSR count). The number of rotatable bonds is 7. The fraction of sp³-hybridized carbons (Fsp3) is 0.600. The summed E-state index contributed by atoms with van der Waals surface area (Å²) < 4.78 is 11.3. The minimum Gasteiger partial charge on any atom is -0.496 e. The highest BCUT2D eigenvalue weighted by Gasteiger charge is 2.28. The van der Waals surface area contributed by atoms with E-state index < -0.39 is 0 Å². The Morgan fingerprint density at radius 2 is 2.00 bits per heavy atom. The van der Waals surface area contributed by atoms with Crippen LogP contribution in [-0.2, 0) is 4.74 Å². The van der Waals surface area contributed by atoms with Gasteiger partial charge in [0.1, 0.15) is 5.75 Å². The number of nitrogens with one attached hydrogen (secondary N) is 1. The third kappa shape index (κ3) is 3.93. The minimum atomic E-state index is -0.0881. The average molecular weight is 266 g/mol. The molecule has 0 spiro atoms. The molecule has 0 aliphatic carbocycles. The molecular weight excluding hydrogens is 240 g/mol. The van der Waals surface area contributed by atoms with Crippen LogP contribution >= 0.6 is 0 Å². The molecule has 0 fully saturated rings. The van der Waals surface area contributed by atoms with Gasteiger partial charge in [-0.3, -0.25) is 11.3 Å². The predicted octanol–water partition coefficient (Wildman–Crippen LogP) is 2.57. The van der Waals surface area contributed by atoms with Crippen molar-refractivity contribution < 1.29 is 9.47 Å². The maximum absolute atomic E-state index is 5.85. The van der Waals surface area contributed by atoms with E-state index in [4.69, 9.17) is 15.3 Å². The van der Waals surface area contributed by atoms with Crippen molar-refractivity contribution >= 4 is 0 Å². The maximum Gasteiger partial charge on any atom is 0.123 e. The van der Waals surface area contributed by atoms with Crippen LogP contribution in [0, 0.1) is 12.8 Å². The van der Waals surface area contributed by atoms with E-state index in [1.165, 1.54) is 5.56 Å². The zero-order valence-corrected chi connectivity index (χ0v) is 12.6. The topological polar surface area (TPSA) is 56.5 Å². The molecule has 2 unspecified atom stereocenters. The summed E-state index contributed by atoms with van der Waals surface area (Å²) >= 11 is 0. The number of benzene rings is 1. The maximum atomic E-state index is 5.85. The molecule has 19 heavy (non-hydrogen) atoms. The first kappa shape index (κ1) is 16.0. The summed E-state index contributed by atoms with van der Waals surface area (Å²) in [7, 11) is 1.67. The Kier molecular flexibility index (Phi) is 6.28. The third-order valence-corrected chi connectivity index (χ3v) is 3.24. The van der Waals surface area contributed by atoms with Gasteiger partial charge in [0.05, 0.1) is 19.3 Å². The van der Waals surface area contributed by atoms with Crippen molar-refractivity contribution in [2.75, 3.05) is 13.7 Å². The van der Waals surface area contributed by atoms with Crippen molar-refractivity contribution in [1.82, 2.24) is 5.43 Å². The summed E-state index contributed by atoms with van der Waals surface area (Å²) in [5, 5.41) is 0. The van der Waals surface area contributed by atoms with Gasteiger partial charge in [-0.25, -0.2) is 0 Å². The molecule has 1 aromatic carbocycles. The summed E-state index contributed by atoms with van der Waals surface area (Å²) in [4.78, 5) is 0. The predicted molar refractivity (Wildman–Crippen MR) is 78.0 cm³/mol. The van der Waals surface area contributed by atoms with Crippen molar-refractivity contribution in [2.24, 2.45) is 11.8 Å². The van der Waals surface area contributed by atoms with Gasteiger partial charge in [-0.05, 0) is 25.8 Å². The molecule has 4 heteroatoms. The Morgan fingerprint density at radius 3 is 2.47 bits per heavy atom. The van der Waals surface area contributed by atoms with Crippen molar-refractivity contribution in [2.45, 2.75) is 39.8 Å². The molecule has 0 heterocycles. The van der Waals surface area contributed by atoms with E-state index >= 15 is 0 Å². The highest BCUT2D eigenvalue weighted by atomic mass is 16.5. The normalized spacial score (nSPS) is 14.5. The summed E-state index contributed by atoms with van der Waals surface area (Å²) in [5.74, 6) is 6.95. The first-order chi connectivity index (χ1) is 9.04. The van der Waals surface area contributed by atoms with Gasteiger partial charge in [-0.15, -0.1) is 0 Å². The van der Waals surface area contributed by atoms with Crippen molar-refractivity contribution in [3.63, 3.8) is 0 Å². The Hall–Kier alpha value is -1.10. The molecule has 1 aromatic rings. The van der Waals surface area contributed by atoms with E-state index in [1.54, 1.807) is 7.11 Å². The number of methoxy groups -OCH3 is 1. The zero-order chi connectivity index (χ0) is 14.4. The number of nitrogens with two attached hydrogens (primary N) is 1. The molecule has 2 atom stereocenters. The van der Waals surface area contributed by atoms with Crippen LogP contribution in [0.25, 0.3) is 0 Å². The molecule has 3 N–H and O–H groups in total. The molecule has 108 valence electrons. The van der Waals surface area contributed by atoms with Crippen LogP contribution in [-0.4, -0.2) is 19.8 Å². The van der Waals surface area contributed by atoms with Crippen LogP contribution < -0.4 is 16.0 Å². The van der Waals surface area contributed by atoms with Gasteiger partial charge in [0.15, 0.2) is 0 Å². The van der Waals surface area contributed by atoms with E-state index in [2.05, 4.69) is 32.3 Å². The summed E-state index contributed by atoms with van der Waals surface area (Å²) in [6.07, 6.45) is 0.00528. The van der Waals surface area contributed by atoms with Crippen LogP contribution in [0.2, 0.25) is 0 Å². The Labute approximate surface area is 116 Å². The first-order valence-electron chi connectivity index (χ1n) is 6.77. The lowest BCUT2D eigenvalue weighted by atomic mass is 9.92. The fourth-order valence-corrected chi connectivity index (χ4v) is 2.32. The number of hydrogen-bond acceptors (Lipinski definition) is 4. The van der Waals surface area contributed by atoms with E-state index in [1.807, 2.05) is 19.1 Å². The number of hydrazine groups is 1. The number of hydrogen-bond donors (Lipinski definition) is 2. The SMILES string of the molecule is CCOC(C(C)C)C(NN)c1cc(C)ccc1OC. The molecule has 0 aliphatic heterocycles. The smallest absolute Gasteiger partial charge is 0.123 e. The molecule has 0 radical (unpaired) electrons. The lowest BCUT2D eigenvalue weighted by molar-refractivity contribution is 0.00225. The van der Waals surface area contributed by atoms with Crippen LogP contribution in [0.1, 0.15) is 37.9 Å². The third-order valence-electron chi connectivity index (χ3n) is 3.24. The quantitative estimate of drug-likeness (QED) is 0.588. The Bertz CT molecular complexity index is 394. The van der Waals surface area contributed by atoms with Crippen molar-refractivity contribution in [1.29, 1.82) is 0 Å². The van der Waals surface area contributed by atoms with Crippen molar-refractivity contribution in [3.8, 4) is 5.75 Å². The summed E-state index contributed by atoms with van der Waals surface area (Å²) in [5.41, 5.74) is 5.10. The van der Waals surface area contributed by atoms with Crippen LogP contribution in [0.5, 0.6) is 5.75 Å². The molecule has 0 bridgehead atoms. The second-order valence-corrected chi connectivity index (χ2v) is 5.05. The van der Waals surface area contributed by atoms with E-state index in [0.29, 0.717) is 12.5 Å². The Morgan fingerprint density at radius 1 is 1.32 bits per heavy atom. The molecule has 0 saturated heterocycles. The first-order valence-corrected chi connectivity index (χ1v) is 6.77. The van der Waals surface area contributed by atoms with Crippen LogP contribution in [0.4, 0.5) is 0 Å². The van der Waals surface area contributed by atoms with Gasteiger partial charge in [0.25, 0.3) is 0 Å². The molecule has 0 aromatic heterocycles.